The maximum absolute atomic E-state index is 11.6. The highest BCUT2D eigenvalue weighted by molar-refractivity contribution is 5.92. The van der Waals surface area contributed by atoms with Crippen LogP contribution < -0.4 is 5.56 Å². The molecular weight excluding hydrogens is 220 g/mol. The van der Waals surface area contributed by atoms with Crippen LogP contribution in [-0.4, -0.2) is 18.1 Å². The third kappa shape index (κ3) is 2.82. The molecule has 1 heterocycles. The van der Waals surface area contributed by atoms with Crippen LogP contribution in [0.3, 0.4) is 0 Å². The van der Waals surface area contributed by atoms with Crippen molar-refractivity contribution in [2.45, 2.75) is 13.8 Å². The van der Waals surface area contributed by atoms with Crippen LogP contribution in [0.1, 0.15) is 35.5 Å². The summed E-state index contributed by atoms with van der Waals surface area (Å²) in [5, 5.41) is 8.82. The zero-order valence-corrected chi connectivity index (χ0v) is 9.83. The Morgan fingerprint density at radius 2 is 2.18 bits per heavy atom. The summed E-state index contributed by atoms with van der Waals surface area (Å²) in [6.07, 6.45) is 1.70. The van der Waals surface area contributed by atoms with Gasteiger partial charge in [0, 0.05) is 5.69 Å². The maximum atomic E-state index is 11.6. The molecule has 1 aromatic rings. The molecule has 0 aliphatic heterocycles. The summed E-state index contributed by atoms with van der Waals surface area (Å²) in [5.74, 6) is -0.698. The largest absolute Gasteiger partial charge is 0.465 e. The van der Waals surface area contributed by atoms with Crippen molar-refractivity contribution in [3.05, 3.63) is 38.8 Å². The lowest BCUT2D eigenvalue weighted by molar-refractivity contribution is 0.0600. The van der Waals surface area contributed by atoms with E-state index in [2.05, 4.69) is 9.72 Å². The van der Waals surface area contributed by atoms with Gasteiger partial charge in [-0.05, 0) is 26.0 Å². The lowest BCUT2D eigenvalue weighted by Gasteiger charge is -2.03. The predicted molar refractivity (Wildman–Crippen MR) is 62.4 cm³/mol. The molecule has 1 aromatic heterocycles. The molecule has 88 valence electrons. The van der Waals surface area contributed by atoms with E-state index in [9.17, 15) is 9.59 Å². The zero-order valence-electron chi connectivity index (χ0n) is 9.83. The summed E-state index contributed by atoms with van der Waals surface area (Å²) >= 11 is 0. The summed E-state index contributed by atoms with van der Waals surface area (Å²) < 4.78 is 4.53. The Balaban J connectivity index is 3.51. The first-order valence-corrected chi connectivity index (χ1v) is 4.90. The number of carbonyl (C=O) groups excluding carboxylic acids is 1. The summed E-state index contributed by atoms with van der Waals surface area (Å²) in [4.78, 5) is 25.5. The highest BCUT2D eigenvalue weighted by Crippen LogP contribution is 2.09. The van der Waals surface area contributed by atoms with Gasteiger partial charge in [-0.1, -0.05) is 5.57 Å². The second-order valence-electron chi connectivity index (χ2n) is 3.67. The Kier molecular flexibility index (Phi) is 3.83. The summed E-state index contributed by atoms with van der Waals surface area (Å²) in [5.41, 5.74) is 0.576. The number of nitrogens with zero attached hydrogens (tertiary/aromatic N) is 1. The first-order valence-electron chi connectivity index (χ1n) is 4.90. The fourth-order valence-corrected chi connectivity index (χ4v) is 1.35. The molecule has 5 nitrogen and oxygen atoms in total. The number of esters is 1. The van der Waals surface area contributed by atoms with Crippen molar-refractivity contribution in [1.29, 1.82) is 5.26 Å². The average molecular weight is 232 g/mol. The molecular formula is C12H12N2O3. The van der Waals surface area contributed by atoms with Gasteiger partial charge in [-0.25, -0.2) is 4.79 Å². The van der Waals surface area contributed by atoms with E-state index in [0.29, 0.717) is 5.69 Å². The molecule has 0 bridgehead atoms. The van der Waals surface area contributed by atoms with Crippen LogP contribution in [0.2, 0.25) is 0 Å². The molecule has 1 rings (SSSR count). The Hall–Kier alpha value is -2.35. The van der Waals surface area contributed by atoms with Gasteiger partial charge in [-0.3, -0.25) is 4.79 Å². The minimum absolute atomic E-state index is 0.0220. The van der Waals surface area contributed by atoms with E-state index in [-0.39, 0.29) is 11.1 Å². The van der Waals surface area contributed by atoms with E-state index in [1.165, 1.54) is 13.2 Å². The number of allylic oxidation sites excluding steroid dienone is 1. The monoisotopic (exact) mass is 232 g/mol. The number of hydrogen-bond acceptors (Lipinski definition) is 4. The number of methoxy groups -OCH3 is 1. The van der Waals surface area contributed by atoms with Gasteiger partial charge in [0.15, 0.2) is 0 Å². The second kappa shape index (κ2) is 5.12. The number of rotatable bonds is 2. The van der Waals surface area contributed by atoms with Crippen molar-refractivity contribution < 1.29 is 9.53 Å². The Morgan fingerprint density at radius 3 is 2.65 bits per heavy atom. The third-order valence-corrected chi connectivity index (χ3v) is 2.02. The molecule has 0 aromatic carbocycles. The SMILES string of the molecule is COC(=O)c1cc(C=C(C)C)[nH]c(=O)c1C#N. The van der Waals surface area contributed by atoms with Crippen molar-refractivity contribution in [2.75, 3.05) is 7.11 Å². The molecule has 0 radical (unpaired) electrons. The summed E-state index contributed by atoms with van der Waals surface area (Å²) in [6.45, 7) is 3.71. The minimum atomic E-state index is -0.698. The Bertz CT molecular complexity index is 572. The van der Waals surface area contributed by atoms with Gasteiger partial charge in [0.2, 0.25) is 0 Å². The zero-order chi connectivity index (χ0) is 13.0. The van der Waals surface area contributed by atoms with Crippen molar-refractivity contribution in [1.82, 2.24) is 4.98 Å². The number of ether oxygens (including phenoxy) is 1. The van der Waals surface area contributed by atoms with Crippen molar-refractivity contribution in [3.8, 4) is 6.07 Å². The van der Waals surface area contributed by atoms with E-state index < -0.39 is 11.5 Å². The molecule has 1 N–H and O–H groups in total. The number of nitriles is 1. The molecule has 17 heavy (non-hydrogen) atoms. The lowest BCUT2D eigenvalue weighted by Crippen LogP contribution is -2.18. The number of hydrogen-bond donors (Lipinski definition) is 1. The van der Waals surface area contributed by atoms with Gasteiger partial charge < -0.3 is 9.72 Å². The Morgan fingerprint density at radius 1 is 1.53 bits per heavy atom. The first kappa shape index (κ1) is 12.7. The van der Waals surface area contributed by atoms with Crippen LogP contribution >= 0.6 is 0 Å². The van der Waals surface area contributed by atoms with Crippen LogP contribution in [0.5, 0.6) is 0 Å². The number of nitrogens with one attached hydrogen (secondary N) is 1. The van der Waals surface area contributed by atoms with E-state index in [4.69, 9.17) is 5.26 Å². The van der Waals surface area contributed by atoms with Gasteiger partial charge in [0.05, 0.1) is 12.7 Å². The number of aromatic amines is 1. The predicted octanol–water partition coefficient (Wildman–Crippen LogP) is 1.46. The second-order valence-corrected chi connectivity index (χ2v) is 3.67. The highest BCUT2D eigenvalue weighted by atomic mass is 16.5. The van der Waals surface area contributed by atoms with E-state index >= 15 is 0 Å². The van der Waals surface area contributed by atoms with Crippen molar-refractivity contribution >= 4 is 12.0 Å². The van der Waals surface area contributed by atoms with Crippen molar-refractivity contribution in [2.24, 2.45) is 0 Å². The summed E-state index contributed by atoms with van der Waals surface area (Å²) in [7, 11) is 1.20. The van der Waals surface area contributed by atoms with Gasteiger partial charge in [0.25, 0.3) is 5.56 Å². The number of H-pyrrole nitrogens is 1. The normalized spacial score (nSPS) is 9.29. The van der Waals surface area contributed by atoms with Crippen LogP contribution in [0.4, 0.5) is 0 Å². The smallest absolute Gasteiger partial charge is 0.339 e. The topological polar surface area (TPSA) is 83.0 Å². The molecule has 0 saturated heterocycles. The molecule has 0 saturated carbocycles. The highest BCUT2D eigenvalue weighted by Gasteiger charge is 2.15. The van der Waals surface area contributed by atoms with E-state index in [1.54, 1.807) is 12.1 Å². The summed E-state index contributed by atoms with van der Waals surface area (Å²) in [6, 6.07) is 3.12. The van der Waals surface area contributed by atoms with Gasteiger partial charge in [-0.2, -0.15) is 5.26 Å². The molecule has 0 aliphatic rings. The Labute approximate surface area is 98.3 Å². The maximum Gasteiger partial charge on any atom is 0.339 e. The lowest BCUT2D eigenvalue weighted by atomic mass is 10.1. The average Bonchev–Trinajstić information content (AvgIpc) is 2.26. The third-order valence-electron chi connectivity index (χ3n) is 2.02. The van der Waals surface area contributed by atoms with Gasteiger partial charge >= 0.3 is 5.97 Å². The van der Waals surface area contributed by atoms with Crippen LogP contribution in [-0.2, 0) is 4.74 Å². The molecule has 0 amide bonds. The molecule has 0 unspecified atom stereocenters. The quantitative estimate of drug-likeness (QED) is 0.782. The fourth-order valence-electron chi connectivity index (χ4n) is 1.35. The van der Waals surface area contributed by atoms with E-state index in [1.807, 2.05) is 13.8 Å². The van der Waals surface area contributed by atoms with E-state index in [0.717, 1.165) is 5.57 Å². The molecule has 5 heteroatoms. The molecule has 0 fully saturated rings. The fraction of sp³-hybridized carbons (Fsp3) is 0.250. The molecule has 0 atom stereocenters. The minimum Gasteiger partial charge on any atom is -0.465 e. The number of aromatic nitrogens is 1. The van der Waals surface area contributed by atoms with Crippen LogP contribution in [0.15, 0.2) is 16.4 Å². The van der Waals surface area contributed by atoms with Crippen LogP contribution in [0, 0.1) is 11.3 Å². The molecule has 0 spiro atoms. The first-order chi connectivity index (χ1) is 7.99. The number of pyridine rings is 1. The van der Waals surface area contributed by atoms with Gasteiger partial charge in [-0.15, -0.1) is 0 Å². The van der Waals surface area contributed by atoms with Gasteiger partial charge in [0.1, 0.15) is 11.6 Å². The van der Waals surface area contributed by atoms with Crippen molar-refractivity contribution in [3.63, 3.8) is 0 Å². The molecule has 0 aliphatic carbocycles. The van der Waals surface area contributed by atoms with Crippen LogP contribution in [0.25, 0.3) is 6.08 Å². The standard InChI is InChI=1S/C12H12N2O3/c1-7(2)4-8-5-9(12(16)17-3)10(6-13)11(15)14-8/h4-5H,1-3H3,(H,14,15). The number of carbonyl (C=O) groups is 1.